The van der Waals surface area contributed by atoms with E-state index in [1.807, 2.05) is 57.5 Å². The van der Waals surface area contributed by atoms with Crippen LogP contribution < -0.4 is 33.3 Å². The molecule has 0 atom stereocenters. The van der Waals surface area contributed by atoms with E-state index in [-0.39, 0.29) is 36.1 Å². The summed E-state index contributed by atoms with van der Waals surface area (Å²) in [5.74, 6) is 1.10. The number of nitrogens with one attached hydrogen (secondary N) is 1. The van der Waals surface area contributed by atoms with Crippen LogP contribution in [0.25, 0.3) is 22.3 Å². The van der Waals surface area contributed by atoms with Gasteiger partial charge >= 0.3 is 75.2 Å². The molecule has 2 fully saturated rings. The van der Waals surface area contributed by atoms with Gasteiger partial charge in [0.05, 0.1) is 56.9 Å². The summed E-state index contributed by atoms with van der Waals surface area (Å²) < 4.78 is 157. The molecule has 29 heteroatoms. The Labute approximate surface area is 586 Å². The normalized spacial score (nSPS) is 14.3. The maximum absolute atomic E-state index is 13.9. The van der Waals surface area contributed by atoms with Crippen molar-refractivity contribution < 1.29 is 75.5 Å². The van der Waals surface area contributed by atoms with Crippen molar-refractivity contribution in [2.75, 3.05) is 101 Å². The number of alkyl halides is 12. The molecule has 0 saturated carbocycles. The fraction of sp³-hybridized carbons (Fsp3) is 0.400. The number of amides is 1. The number of carbonyl (C=O) groups is 2. The topological polar surface area (TPSA) is 88.2 Å². The fourth-order valence-corrected chi connectivity index (χ4v) is 9.46. The zero-order valence-electron chi connectivity index (χ0n) is 49.7. The summed E-state index contributed by atoms with van der Waals surface area (Å²) in [4.78, 5) is 44.7. The predicted molar refractivity (Wildman–Crippen MR) is 372 cm³/mol. The Balaban J connectivity index is 0.000000364. The van der Waals surface area contributed by atoms with Crippen LogP contribution in [-0.2, 0) is 45.1 Å². The Kier molecular flexibility index (Phi) is 31.5. The van der Waals surface area contributed by atoms with Gasteiger partial charge in [-0.3, -0.25) is 9.59 Å². The van der Waals surface area contributed by atoms with Gasteiger partial charge in [-0.25, -0.2) is 9.97 Å². The van der Waals surface area contributed by atoms with Crippen molar-refractivity contribution in [3.8, 4) is 22.3 Å². The molecule has 2 saturated heterocycles. The Morgan fingerprint density at radius 3 is 1.18 bits per heavy atom. The first-order valence-electron chi connectivity index (χ1n) is 26.6. The Morgan fingerprint density at radius 2 is 0.843 bits per heavy atom. The van der Waals surface area contributed by atoms with E-state index in [0.717, 1.165) is 88.8 Å². The molecule has 0 bridgehead atoms. The van der Waals surface area contributed by atoms with Crippen molar-refractivity contribution in [3.05, 3.63) is 154 Å². The van der Waals surface area contributed by atoms with E-state index in [4.69, 9.17) is 11.6 Å². The van der Waals surface area contributed by atoms with E-state index in [0.29, 0.717) is 54.6 Å². The molecule has 0 spiro atoms. The van der Waals surface area contributed by atoms with Crippen LogP contribution in [0.1, 0.15) is 72.2 Å². The number of aromatic nitrogens is 2. The number of likely N-dealkylation sites (N-methyl/N-ethyl adjacent to an activating group) is 3. The Morgan fingerprint density at radius 1 is 0.528 bits per heavy atom. The first-order chi connectivity index (χ1) is 40.9. The maximum atomic E-state index is 13.9. The van der Waals surface area contributed by atoms with Crippen LogP contribution in [0.2, 0.25) is 0 Å². The third-order valence-electron chi connectivity index (χ3n) is 14.9. The van der Waals surface area contributed by atoms with Gasteiger partial charge in [-0.15, -0.1) is 24.0 Å². The summed E-state index contributed by atoms with van der Waals surface area (Å²) in [5.41, 5.74) is -2.45. The van der Waals surface area contributed by atoms with Crippen LogP contribution in [0.4, 0.5) is 75.7 Å². The van der Waals surface area contributed by atoms with Gasteiger partial charge < -0.3 is 29.8 Å². The molecule has 1 amide bonds. The minimum absolute atomic E-state index is 0. The summed E-state index contributed by atoms with van der Waals surface area (Å²) >= 11 is 14.8. The van der Waals surface area contributed by atoms with Crippen LogP contribution in [0.3, 0.4) is 0 Å². The molecule has 6 aromatic rings. The molecule has 10 nitrogen and oxygen atoms in total. The van der Waals surface area contributed by atoms with Crippen molar-refractivity contribution in [1.29, 1.82) is 0 Å². The SMILES string of the molecule is CC(C)(C(=O)Cl)c1cc(C(F)(F)F)cc(C(F)(F)F)c1.CNc1cnc(N2CCN(C)CC2)cc1-c1ccccc1C.Cc1ccccc1-c1cc(N2CCN(C)CC2)ncc1N(C)C(=O)C(C)(C)c1cc(C(F)(F)F)cc(C(F)(F)F)c1.I.II.I[I-]I. The van der Waals surface area contributed by atoms with E-state index in [2.05, 4.69) is 154 Å². The molecule has 2 aliphatic rings. The Hall–Kier alpha value is -2.53. The Bertz CT molecular complexity index is 3240. The zero-order valence-corrected chi connectivity index (χ0v) is 63.6. The van der Waals surface area contributed by atoms with E-state index >= 15 is 0 Å². The molecule has 0 unspecified atom stereocenters. The third kappa shape index (κ3) is 22.3. The first kappa shape index (κ1) is 80.7. The molecule has 1 N–H and O–H groups in total. The number of pyridine rings is 2. The molecule has 0 aliphatic carbocycles. The summed E-state index contributed by atoms with van der Waals surface area (Å²) in [6.07, 6.45) is -16.5. The van der Waals surface area contributed by atoms with Crippen LogP contribution in [-0.4, -0.2) is 111 Å². The van der Waals surface area contributed by atoms with Crippen molar-refractivity contribution in [3.63, 3.8) is 0 Å². The molecular formula is C60H66ClF12I6N8O2-. The predicted octanol–water partition coefficient (Wildman–Crippen LogP) is 15.6. The van der Waals surface area contributed by atoms with E-state index in [9.17, 15) is 62.3 Å². The minimum atomic E-state index is -5.03. The van der Waals surface area contributed by atoms with E-state index in [1.165, 1.54) is 48.7 Å². The summed E-state index contributed by atoms with van der Waals surface area (Å²) in [7, 11) is 7.62. The number of halogens is 19. The molecule has 0 radical (unpaired) electrons. The molecule has 2 aromatic heterocycles. The van der Waals surface area contributed by atoms with Gasteiger partial charge in [-0.05, 0) is 149 Å². The first-order valence-corrected chi connectivity index (χ1v) is 45.9. The monoisotopic (exact) mass is 1950 g/mol. The molecular weight excluding hydrogens is 1890 g/mol. The fourth-order valence-electron chi connectivity index (χ4n) is 9.35. The van der Waals surface area contributed by atoms with Gasteiger partial charge in [0.1, 0.15) is 11.6 Å². The van der Waals surface area contributed by atoms with Gasteiger partial charge in [0, 0.05) is 115 Å². The van der Waals surface area contributed by atoms with Gasteiger partial charge in [0.25, 0.3) is 0 Å². The number of hydrogen-bond donors (Lipinski definition) is 1. The number of aryl methyl sites for hydroxylation is 2. The van der Waals surface area contributed by atoms with Crippen molar-refractivity contribution in [1.82, 2.24) is 19.8 Å². The van der Waals surface area contributed by atoms with Crippen molar-refractivity contribution >= 4 is 144 Å². The molecule has 2 aliphatic heterocycles. The van der Waals surface area contributed by atoms with E-state index in [1.54, 1.807) is 0 Å². The number of piperazine rings is 2. The third-order valence-corrected chi connectivity index (χ3v) is 15.3. The number of rotatable bonds is 10. The zero-order chi connectivity index (χ0) is 66.5. The van der Waals surface area contributed by atoms with Gasteiger partial charge in [-0.1, -0.05) is 48.5 Å². The molecule has 492 valence electrons. The number of anilines is 4. The van der Waals surface area contributed by atoms with E-state index < -0.39 is 80.1 Å². The number of benzene rings is 4. The van der Waals surface area contributed by atoms with Crippen molar-refractivity contribution in [2.45, 2.75) is 77.1 Å². The number of hydrogen-bond acceptors (Lipinski definition) is 9. The second-order valence-electron chi connectivity index (χ2n) is 21.6. The second kappa shape index (κ2) is 34.8. The number of nitrogens with zero attached hydrogens (tertiary/aromatic N) is 7. The average molecular weight is 1960 g/mol. The molecule has 4 heterocycles. The van der Waals surface area contributed by atoms with Gasteiger partial charge in [0.15, 0.2) is 0 Å². The number of carbonyl (C=O) groups excluding carboxylic acids is 2. The molecule has 4 aromatic carbocycles. The second-order valence-corrected chi connectivity index (χ2v) is 38.2. The van der Waals surface area contributed by atoms with Crippen LogP contribution >= 0.6 is 110 Å². The van der Waals surface area contributed by atoms with Crippen LogP contribution in [0.5, 0.6) is 0 Å². The van der Waals surface area contributed by atoms with Gasteiger partial charge in [-0.2, -0.15) is 52.7 Å². The standard InChI is InChI=1S/C30H32F6N4O.C18H24N4.C12H9ClF6O.I3.I2.HI/c1-19-8-6-7-9-23(19)24-17-26(40-12-10-38(4)11-13-40)37-18-25(24)39(5)27(41)28(2,3)20-14-21(29(31,32)33)16-22(15-20)30(34,35)36;1-14-6-4-5-7-15(14)16-12-18(20-13-17(16)19-2)22-10-8-21(3)9-11-22;1-10(2,9(13)20)6-3-7(11(14,15)16)5-8(4-6)12(17,18)19;1-3-2;1-2;/h6-9,14-18H,10-13H2,1-5H3;4-7,12-13,19H,8-11H2,1-3H3;3-5H,1-2H3;;;1H/q;;;-1;;. The van der Waals surface area contributed by atoms with Crippen LogP contribution in [0.15, 0.2) is 109 Å². The summed E-state index contributed by atoms with van der Waals surface area (Å²) in [5, 5.41) is 2.22. The average Bonchev–Trinajstić information content (AvgIpc) is 1.10. The van der Waals surface area contributed by atoms with Gasteiger partial charge in [0.2, 0.25) is 11.1 Å². The molecule has 8 rings (SSSR count). The molecule has 89 heavy (non-hydrogen) atoms. The van der Waals surface area contributed by atoms with Crippen LogP contribution in [0, 0.1) is 13.8 Å². The quantitative estimate of drug-likeness (QED) is 0.0818. The summed E-state index contributed by atoms with van der Waals surface area (Å²) in [6.45, 7) is 16.5. The van der Waals surface area contributed by atoms with Crippen molar-refractivity contribution in [2.24, 2.45) is 0 Å². The summed E-state index contributed by atoms with van der Waals surface area (Å²) in [6, 6.07) is 22.4.